The maximum atomic E-state index is 13.6. The summed E-state index contributed by atoms with van der Waals surface area (Å²) in [5.41, 5.74) is 9.47. The van der Waals surface area contributed by atoms with Crippen molar-refractivity contribution in [3.8, 4) is 22.5 Å². The van der Waals surface area contributed by atoms with Crippen molar-refractivity contribution in [2.45, 2.75) is 94.0 Å². The van der Waals surface area contributed by atoms with E-state index in [1.54, 1.807) is 12.1 Å². The van der Waals surface area contributed by atoms with Gasteiger partial charge in [0, 0.05) is 85.5 Å². The highest BCUT2D eigenvalue weighted by Crippen LogP contribution is 2.42. The Labute approximate surface area is 373 Å². The minimum Gasteiger partial charge on any atom is -0.478 e. The number of carbonyl (C=O) groups excluding carboxylic acids is 4. The van der Waals surface area contributed by atoms with Crippen LogP contribution in [0.4, 0.5) is 10.5 Å². The van der Waals surface area contributed by atoms with Crippen LogP contribution in [-0.2, 0) is 9.59 Å². The zero-order valence-electron chi connectivity index (χ0n) is 36.9. The van der Waals surface area contributed by atoms with Crippen molar-refractivity contribution in [3.05, 3.63) is 71.1 Å². The number of nitrogens with two attached hydrogens (primary N) is 1. The quantitative estimate of drug-likeness (QED) is 0.0249. The Hall–Kier alpha value is -5.61. The van der Waals surface area contributed by atoms with Gasteiger partial charge in [0.1, 0.15) is 25.4 Å². The monoisotopic (exact) mass is 883 g/mol. The molecular formula is C47H63N8O7S+. The second-order valence-electron chi connectivity index (χ2n) is 16.9. The minimum atomic E-state index is -1.21. The van der Waals surface area contributed by atoms with Crippen molar-refractivity contribution >= 4 is 58.1 Å². The van der Waals surface area contributed by atoms with E-state index in [1.807, 2.05) is 85.8 Å². The molecule has 0 saturated carbocycles. The standard InChI is InChI=1S/C47H62N8O7S/c1-54(2)29-19-21-31-37(26-29)62-38-27-30(55(3)4)20-22-32(38)41(31)33-14-13-15-34(42(33)46(59)60)44(57)50-24-11-6-12-25-51-45(58)35(48)16-7-5-10-23-49-40(56)18-9-8-17-39-43-36(28-63-39)52-47(61)53-43/h13-15,19-22,26-27,35-36,39,43H,5-12,16-18,23-25,28,48H2,1-4H3,(H5-,49,50,51,52,53,56,57,58,59,60,61)/p+1. The second kappa shape index (κ2) is 22.1. The summed E-state index contributed by atoms with van der Waals surface area (Å²) in [6, 6.07) is 16.4. The van der Waals surface area contributed by atoms with Gasteiger partial charge in [-0.05, 0) is 74.8 Å². The van der Waals surface area contributed by atoms with Gasteiger partial charge in [-0.2, -0.15) is 11.8 Å². The van der Waals surface area contributed by atoms with E-state index in [4.69, 9.17) is 10.2 Å². The van der Waals surface area contributed by atoms with Crippen LogP contribution in [-0.4, -0.2) is 112 Å². The topological polar surface area (TPSA) is 211 Å². The average Bonchev–Trinajstić information content (AvgIpc) is 3.82. The zero-order chi connectivity index (χ0) is 45.0. The number of amides is 5. The van der Waals surface area contributed by atoms with Crippen molar-refractivity contribution < 1.29 is 33.5 Å². The van der Waals surface area contributed by atoms with E-state index in [9.17, 15) is 29.1 Å². The van der Waals surface area contributed by atoms with Crippen molar-refractivity contribution in [1.29, 1.82) is 0 Å². The smallest absolute Gasteiger partial charge is 0.337 e. The highest BCUT2D eigenvalue weighted by atomic mass is 32.2. The normalized spacial score (nSPS) is 17.2. The maximum Gasteiger partial charge on any atom is 0.337 e. The van der Waals surface area contributed by atoms with Crippen molar-refractivity contribution in [3.63, 3.8) is 0 Å². The number of nitrogens with one attached hydrogen (secondary N) is 5. The molecule has 0 bridgehead atoms. The summed E-state index contributed by atoms with van der Waals surface area (Å²) in [5, 5.41) is 27.4. The summed E-state index contributed by atoms with van der Waals surface area (Å²) in [7, 11) is 7.76. The molecule has 2 aromatic carbocycles. The fourth-order valence-corrected chi connectivity index (χ4v) is 9.89. The molecule has 4 unspecified atom stereocenters. The highest BCUT2D eigenvalue weighted by molar-refractivity contribution is 8.00. The Morgan fingerprint density at radius 2 is 1.63 bits per heavy atom. The number of hydrogen-bond acceptors (Lipinski definition) is 9. The lowest BCUT2D eigenvalue weighted by Gasteiger charge is -2.19. The Balaban J connectivity index is 0.894. The SMILES string of the molecule is CN(C)c1ccc2c(-c3cccc(C(=O)NCCCCCNC(=O)C(N)CCCCCNC(=O)CCCCC4SCC5NC(=O)NC54)c3C(=O)O)c3ccc(=[N+](C)C)cc-3oc2c1. The lowest BCUT2D eigenvalue weighted by molar-refractivity contribution is -0.122. The van der Waals surface area contributed by atoms with Gasteiger partial charge in [-0.15, -0.1) is 0 Å². The van der Waals surface area contributed by atoms with Gasteiger partial charge in [0.05, 0.1) is 35.3 Å². The van der Waals surface area contributed by atoms with Crippen LogP contribution in [0.5, 0.6) is 0 Å². The maximum absolute atomic E-state index is 13.6. The number of carbonyl (C=O) groups is 5. The first-order valence-electron chi connectivity index (χ1n) is 22.1. The Morgan fingerprint density at radius 1 is 0.889 bits per heavy atom. The Bertz CT molecular complexity index is 2330. The molecule has 8 N–H and O–H groups in total. The summed E-state index contributed by atoms with van der Waals surface area (Å²) < 4.78 is 8.39. The first kappa shape index (κ1) is 46.9. The predicted molar refractivity (Wildman–Crippen MR) is 249 cm³/mol. The molecule has 2 aromatic rings. The lowest BCUT2D eigenvalue weighted by Crippen LogP contribution is -2.40. The number of hydrogen-bond donors (Lipinski definition) is 7. The van der Waals surface area contributed by atoms with Crippen LogP contribution in [0.2, 0.25) is 0 Å². The number of thioether (sulfide) groups is 1. The van der Waals surface area contributed by atoms with E-state index in [1.165, 1.54) is 6.07 Å². The van der Waals surface area contributed by atoms with E-state index in [-0.39, 0.29) is 41.1 Å². The first-order chi connectivity index (χ1) is 30.3. The van der Waals surface area contributed by atoms with Gasteiger partial charge < -0.3 is 46.7 Å². The molecule has 2 fully saturated rings. The summed E-state index contributed by atoms with van der Waals surface area (Å²) >= 11 is 1.89. The van der Waals surface area contributed by atoms with Crippen LogP contribution in [0.1, 0.15) is 91.3 Å². The molecule has 16 heteroatoms. The van der Waals surface area contributed by atoms with Gasteiger partial charge in [-0.1, -0.05) is 31.4 Å². The molecule has 4 atom stereocenters. The summed E-state index contributed by atoms with van der Waals surface area (Å²) in [6.45, 7) is 1.40. The number of urea groups is 1. The van der Waals surface area contributed by atoms with Gasteiger partial charge in [-0.3, -0.25) is 14.4 Å². The van der Waals surface area contributed by atoms with Gasteiger partial charge in [0.2, 0.25) is 17.2 Å². The number of benzene rings is 3. The summed E-state index contributed by atoms with van der Waals surface area (Å²) in [5.74, 6) is -0.287. The fraction of sp³-hybridized carbons (Fsp3) is 0.489. The minimum absolute atomic E-state index is 0.0559. The van der Waals surface area contributed by atoms with E-state index >= 15 is 0 Å². The molecule has 1 aliphatic carbocycles. The molecule has 15 nitrogen and oxygen atoms in total. The second-order valence-corrected chi connectivity index (χ2v) is 18.2. The average molecular weight is 884 g/mol. The van der Waals surface area contributed by atoms with Crippen LogP contribution in [0.3, 0.4) is 0 Å². The third-order valence-electron chi connectivity index (χ3n) is 11.9. The molecular weight excluding hydrogens is 821 g/mol. The lowest BCUT2D eigenvalue weighted by atomic mass is 9.88. The summed E-state index contributed by atoms with van der Waals surface area (Å²) in [4.78, 5) is 64.9. The van der Waals surface area contributed by atoms with Crippen LogP contribution in [0.25, 0.3) is 33.4 Å². The van der Waals surface area contributed by atoms with E-state index in [0.29, 0.717) is 73.0 Å². The molecule has 2 saturated heterocycles. The molecule has 3 heterocycles. The number of fused-ring (bicyclic) bond motifs is 3. The van der Waals surface area contributed by atoms with Crippen LogP contribution in [0.15, 0.2) is 59.0 Å². The van der Waals surface area contributed by atoms with Crippen molar-refractivity contribution in [1.82, 2.24) is 31.2 Å². The predicted octanol–water partition coefficient (Wildman–Crippen LogP) is 4.75. The van der Waals surface area contributed by atoms with Crippen LogP contribution < -0.4 is 47.2 Å². The van der Waals surface area contributed by atoms with Crippen molar-refractivity contribution in [2.24, 2.45) is 5.73 Å². The number of nitrogens with zero attached hydrogens (tertiary/aromatic N) is 2. The van der Waals surface area contributed by atoms with E-state index < -0.39 is 17.9 Å². The third-order valence-corrected chi connectivity index (χ3v) is 13.4. The van der Waals surface area contributed by atoms with Crippen molar-refractivity contribution in [2.75, 3.05) is 58.5 Å². The largest absolute Gasteiger partial charge is 0.478 e. The van der Waals surface area contributed by atoms with E-state index in [0.717, 1.165) is 72.7 Å². The number of unbranched alkanes of at least 4 members (excludes halogenated alkanes) is 5. The molecule has 4 aliphatic rings. The third kappa shape index (κ3) is 12.1. The summed E-state index contributed by atoms with van der Waals surface area (Å²) in [6.07, 6.45) is 8.37. The highest BCUT2D eigenvalue weighted by Gasteiger charge is 2.42. The Morgan fingerprint density at radius 3 is 2.38 bits per heavy atom. The van der Waals surface area contributed by atoms with E-state index in [2.05, 4.69) is 26.6 Å². The number of carboxylic acid groups (broad SMARTS) is 1. The Kier molecular flexibility index (Phi) is 16.5. The van der Waals surface area contributed by atoms with Gasteiger partial charge in [0.25, 0.3) is 5.91 Å². The zero-order valence-corrected chi connectivity index (χ0v) is 37.7. The molecule has 5 amide bonds. The number of carboxylic acids is 1. The fourth-order valence-electron chi connectivity index (χ4n) is 8.35. The first-order valence-corrected chi connectivity index (χ1v) is 23.2. The molecule has 63 heavy (non-hydrogen) atoms. The molecule has 0 spiro atoms. The van der Waals surface area contributed by atoms with Crippen LogP contribution >= 0.6 is 11.8 Å². The van der Waals surface area contributed by atoms with Gasteiger partial charge in [-0.25, -0.2) is 14.2 Å². The number of rotatable bonds is 22. The number of anilines is 1. The van der Waals surface area contributed by atoms with Gasteiger partial charge in [0.15, 0.2) is 0 Å². The molecule has 0 radical (unpaired) electrons. The van der Waals surface area contributed by atoms with Crippen LogP contribution in [0, 0.1) is 0 Å². The molecule has 6 rings (SSSR count). The molecule has 0 aromatic heterocycles. The molecule has 338 valence electrons. The molecule has 3 aliphatic heterocycles. The van der Waals surface area contributed by atoms with Gasteiger partial charge >= 0.3 is 12.0 Å². The number of aromatic carboxylic acids is 1.